The number of alkyl carbamates (subject to hydrolysis) is 1. The van der Waals surface area contributed by atoms with Gasteiger partial charge < -0.3 is 20.4 Å². The molecule has 0 saturated heterocycles. The van der Waals surface area contributed by atoms with Crippen LogP contribution in [0, 0.1) is 12.3 Å². The molecule has 1 aromatic heterocycles. The lowest BCUT2D eigenvalue weighted by Crippen LogP contribution is -2.61. The van der Waals surface area contributed by atoms with Gasteiger partial charge in [0.1, 0.15) is 11.4 Å². The molecule has 2 aromatic rings. The maximum absolute atomic E-state index is 13.6. The van der Waals surface area contributed by atoms with Crippen LogP contribution in [0.15, 0.2) is 30.5 Å². The van der Waals surface area contributed by atoms with Crippen LogP contribution in [0.2, 0.25) is 0 Å². The average Bonchev–Trinajstić information content (AvgIpc) is 3.22. The van der Waals surface area contributed by atoms with Crippen molar-refractivity contribution in [2.75, 3.05) is 6.61 Å². The second-order valence-corrected chi connectivity index (χ2v) is 9.80. The molecule has 1 aliphatic rings. The van der Waals surface area contributed by atoms with E-state index in [4.69, 9.17) is 9.72 Å². The second kappa shape index (κ2) is 9.76. The highest BCUT2D eigenvalue weighted by Crippen LogP contribution is 2.35. The Hall–Kier alpha value is -2.83. The van der Waals surface area contributed by atoms with Gasteiger partial charge >= 0.3 is 6.09 Å². The van der Waals surface area contributed by atoms with E-state index in [1.54, 1.807) is 6.92 Å². The Kier molecular flexibility index (Phi) is 7.26. The van der Waals surface area contributed by atoms with Crippen molar-refractivity contribution in [2.45, 2.75) is 78.3 Å². The quantitative estimate of drug-likeness (QED) is 0.586. The first-order valence-corrected chi connectivity index (χ1v) is 11.5. The third-order valence-corrected chi connectivity index (χ3v) is 6.12. The van der Waals surface area contributed by atoms with E-state index < -0.39 is 11.6 Å². The monoisotopic (exact) mass is 440 g/mol. The van der Waals surface area contributed by atoms with Crippen LogP contribution >= 0.6 is 0 Å². The molecule has 3 N–H and O–H groups in total. The summed E-state index contributed by atoms with van der Waals surface area (Å²) in [5, 5.41) is 6.08. The molecular formula is C25H36N4O3. The normalized spacial score (nSPS) is 16.8. The van der Waals surface area contributed by atoms with Gasteiger partial charge in [-0.1, -0.05) is 69.9 Å². The number of nitrogens with one attached hydrogen (secondary N) is 3. The summed E-state index contributed by atoms with van der Waals surface area (Å²) < 4.78 is 5.09. The van der Waals surface area contributed by atoms with Gasteiger partial charge in [0, 0.05) is 11.8 Å². The lowest BCUT2D eigenvalue weighted by Gasteiger charge is -2.39. The summed E-state index contributed by atoms with van der Waals surface area (Å²) in [5.41, 5.74) is 1.79. The van der Waals surface area contributed by atoms with Crippen molar-refractivity contribution in [2.24, 2.45) is 5.41 Å². The molecular weight excluding hydrogens is 404 g/mol. The number of ether oxygens (including phenoxy) is 1. The Balaban J connectivity index is 1.85. The highest BCUT2D eigenvalue weighted by Gasteiger charge is 2.44. The SMILES string of the molecule is CCOC(=O)NC1(C(=O)N[C@H](c2nc(-c3ccc(C)cc3)c[nH]2)C(C)(C)C)CCCCC1. The molecule has 2 amide bonds. The zero-order valence-corrected chi connectivity index (χ0v) is 19.9. The number of imidazole rings is 1. The molecule has 7 nitrogen and oxygen atoms in total. The summed E-state index contributed by atoms with van der Waals surface area (Å²) in [5.74, 6) is 0.516. The molecule has 0 spiro atoms. The number of amides is 2. The molecule has 3 rings (SSSR count). The van der Waals surface area contributed by atoms with Gasteiger partial charge in [-0.2, -0.15) is 0 Å². The molecule has 1 saturated carbocycles. The average molecular weight is 441 g/mol. The smallest absolute Gasteiger partial charge is 0.407 e. The van der Waals surface area contributed by atoms with Gasteiger partial charge in [0.05, 0.1) is 18.3 Å². The maximum atomic E-state index is 13.6. The first kappa shape index (κ1) is 23.8. The zero-order valence-electron chi connectivity index (χ0n) is 19.9. The Morgan fingerprint density at radius 1 is 1.16 bits per heavy atom. The van der Waals surface area contributed by atoms with Crippen molar-refractivity contribution in [3.8, 4) is 11.3 Å². The lowest BCUT2D eigenvalue weighted by molar-refractivity contribution is -0.130. The number of aromatic nitrogens is 2. The number of aromatic amines is 1. The minimum Gasteiger partial charge on any atom is -0.450 e. The highest BCUT2D eigenvalue weighted by atomic mass is 16.5. The molecule has 174 valence electrons. The van der Waals surface area contributed by atoms with Crippen LogP contribution in [-0.2, 0) is 9.53 Å². The Morgan fingerprint density at radius 2 is 1.81 bits per heavy atom. The number of carbonyl (C=O) groups is 2. The molecule has 0 bridgehead atoms. The van der Waals surface area contributed by atoms with Gasteiger partial charge in [0.15, 0.2) is 0 Å². The van der Waals surface area contributed by atoms with E-state index in [-0.39, 0.29) is 24.0 Å². The van der Waals surface area contributed by atoms with E-state index in [2.05, 4.69) is 55.4 Å². The van der Waals surface area contributed by atoms with Crippen LogP contribution in [-0.4, -0.2) is 34.1 Å². The maximum Gasteiger partial charge on any atom is 0.407 e. The van der Waals surface area contributed by atoms with Gasteiger partial charge in [-0.05, 0) is 32.1 Å². The van der Waals surface area contributed by atoms with Crippen molar-refractivity contribution in [1.29, 1.82) is 0 Å². The molecule has 0 unspecified atom stereocenters. The molecule has 0 radical (unpaired) electrons. The van der Waals surface area contributed by atoms with E-state index >= 15 is 0 Å². The lowest BCUT2D eigenvalue weighted by atomic mass is 9.79. The van der Waals surface area contributed by atoms with Crippen LogP contribution in [0.4, 0.5) is 4.79 Å². The van der Waals surface area contributed by atoms with Crippen molar-refractivity contribution in [3.63, 3.8) is 0 Å². The van der Waals surface area contributed by atoms with Crippen LogP contribution in [0.25, 0.3) is 11.3 Å². The van der Waals surface area contributed by atoms with E-state index in [9.17, 15) is 9.59 Å². The molecule has 1 heterocycles. The molecule has 1 fully saturated rings. The van der Waals surface area contributed by atoms with Gasteiger partial charge in [-0.15, -0.1) is 0 Å². The fourth-order valence-corrected chi connectivity index (χ4v) is 4.25. The number of carbonyl (C=O) groups excluding carboxylic acids is 2. The summed E-state index contributed by atoms with van der Waals surface area (Å²) in [6.07, 6.45) is 5.36. The second-order valence-electron chi connectivity index (χ2n) is 9.80. The summed E-state index contributed by atoms with van der Waals surface area (Å²) >= 11 is 0. The summed E-state index contributed by atoms with van der Waals surface area (Å²) in [6, 6.07) is 7.85. The first-order valence-electron chi connectivity index (χ1n) is 11.5. The number of rotatable bonds is 6. The number of hydrogen-bond acceptors (Lipinski definition) is 4. The van der Waals surface area contributed by atoms with E-state index in [0.717, 1.165) is 30.5 Å². The van der Waals surface area contributed by atoms with Crippen molar-refractivity contribution >= 4 is 12.0 Å². The molecule has 0 aliphatic heterocycles. The summed E-state index contributed by atoms with van der Waals surface area (Å²) in [4.78, 5) is 33.9. The van der Waals surface area contributed by atoms with Crippen molar-refractivity contribution < 1.29 is 14.3 Å². The van der Waals surface area contributed by atoms with Crippen LogP contribution in [0.5, 0.6) is 0 Å². The summed E-state index contributed by atoms with van der Waals surface area (Å²) in [7, 11) is 0. The third-order valence-electron chi connectivity index (χ3n) is 6.12. The number of H-pyrrole nitrogens is 1. The fourth-order valence-electron chi connectivity index (χ4n) is 4.25. The standard InChI is InChI=1S/C25H36N4O3/c1-6-32-23(31)29-25(14-8-7-9-15-25)22(30)28-20(24(3,4)5)21-26-16-19(27-21)18-12-10-17(2)11-13-18/h10-13,16,20H,6-9,14-15H2,1-5H3,(H,26,27)(H,28,30)(H,29,31)/t20-/m1/s1. The Bertz CT molecular complexity index is 921. The Labute approximate surface area is 190 Å². The van der Waals surface area contributed by atoms with Crippen LogP contribution in [0.1, 0.15) is 77.2 Å². The van der Waals surface area contributed by atoms with Crippen LogP contribution < -0.4 is 10.6 Å². The van der Waals surface area contributed by atoms with Gasteiger partial charge in [0.2, 0.25) is 5.91 Å². The van der Waals surface area contributed by atoms with E-state index in [0.29, 0.717) is 18.7 Å². The molecule has 1 aromatic carbocycles. The van der Waals surface area contributed by atoms with Crippen LogP contribution in [0.3, 0.4) is 0 Å². The highest BCUT2D eigenvalue weighted by molar-refractivity contribution is 5.90. The molecule has 32 heavy (non-hydrogen) atoms. The number of nitrogens with zero attached hydrogens (tertiary/aromatic N) is 1. The third kappa shape index (κ3) is 5.50. The predicted molar refractivity (Wildman–Crippen MR) is 125 cm³/mol. The first-order chi connectivity index (χ1) is 15.1. The largest absolute Gasteiger partial charge is 0.450 e. The number of aryl methyl sites for hydroxylation is 1. The minimum absolute atomic E-state index is 0.182. The minimum atomic E-state index is -0.958. The summed E-state index contributed by atoms with van der Waals surface area (Å²) in [6.45, 7) is 10.3. The van der Waals surface area contributed by atoms with Crippen molar-refractivity contribution in [1.82, 2.24) is 20.6 Å². The number of benzene rings is 1. The molecule has 7 heteroatoms. The number of hydrogen-bond donors (Lipinski definition) is 3. The van der Waals surface area contributed by atoms with E-state index in [1.165, 1.54) is 5.56 Å². The van der Waals surface area contributed by atoms with E-state index in [1.807, 2.05) is 18.3 Å². The predicted octanol–water partition coefficient (Wildman–Crippen LogP) is 5.04. The van der Waals surface area contributed by atoms with Gasteiger partial charge in [0.25, 0.3) is 0 Å². The fraction of sp³-hybridized carbons (Fsp3) is 0.560. The van der Waals surface area contributed by atoms with Gasteiger partial charge in [-0.3, -0.25) is 4.79 Å². The Morgan fingerprint density at radius 3 is 2.41 bits per heavy atom. The zero-order chi connectivity index (χ0) is 23.4. The molecule has 1 aliphatic carbocycles. The van der Waals surface area contributed by atoms with Gasteiger partial charge in [-0.25, -0.2) is 9.78 Å². The molecule has 1 atom stereocenters. The van der Waals surface area contributed by atoms with Crippen molar-refractivity contribution in [3.05, 3.63) is 41.9 Å². The topological polar surface area (TPSA) is 96.1 Å².